The van der Waals surface area contributed by atoms with Crippen molar-refractivity contribution in [2.75, 3.05) is 19.4 Å². The molecular formula is C34H39ClN4O4S. The summed E-state index contributed by atoms with van der Waals surface area (Å²) in [6.07, 6.45) is 4.01. The zero-order valence-electron chi connectivity index (χ0n) is 25.5. The van der Waals surface area contributed by atoms with Gasteiger partial charge in [-0.15, -0.1) is 11.3 Å². The number of nitrogen functional groups attached to an aromatic ring is 1. The van der Waals surface area contributed by atoms with Crippen LogP contribution in [0.3, 0.4) is 0 Å². The Labute approximate surface area is 267 Å². The van der Waals surface area contributed by atoms with Gasteiger partial charge in [-0.1, -0.05) is 35.9 Å². The van der Waals surface area contributed by atoms with Crippen LogP contribution in [0.4, 0.5) is 10.6 Å². The number of rotatable bonds is 8. The van der Waals surface area contributed by atoms with E-state index in [1.54, 1.807) is 19.4 Å². The summed E-state index contributed by atoms with van der Waals surface area (Å²) in [7, 11) is 1.63. The molecule has 1 aliphatic carbocycles. The highest BCUT2D eigenvalue weighted by molar-refractivity contribution is 7.21. The Morgan fingerprint density at radius 1 is 1.07 bits per heavy atom. The molecule has 5 rings (SSSR count). The quantitative estimate of drug-likeness (QED) is 0.202. The van der Waals surface area contributed by atoms with Gasteiger partial charge in [0.1, 0.15) is 16.4 Å². The number of hydrogen-bond donors (Lipinski definition) is 2. The molecule has 0 spiro atoms. The maximum absolute atomic E-state index is 14.4. The summed E-state index contributed by atoms with van der Waals surface area (Å²) in [6, 6.07) is 17.4. The van der Waals surface area contributed by atoms with Crippen molar-refractivity contribution in [3.8, 4) is 16.9 Å². The molecule has 44 heavy (non-hydrogen) atoms. The van der Waals surface area contributed by atoms with Crippen LogP contribution in [0.2, 0.25) is 5.02 Å². The van der Waals surface area contributed by atoms with Gasteiger partial charge < -0.3 is 25.4 Å². The monoisotopic (exact) mass is 634 g/mol. The molecule has 232 valence electrons. The van der Waals surface area contributed by atoms with E-state index in [1.165, 1.54) is 16.2 Å². The molecule has 2 aromatic carbocycles. The molecule has 2 heterocycles. The largest absolute Gasteiger partial charge is 0.496 e. The van der Waals surface area contributed by atoms with Gasteiger partial charge in [0.05, 0.1) is 12.1 Å². The number of benzene rings is 2. The van der Waals surface area contributed by atoms with Gasteiger partial charge in [0.2, 0.25) is 0 Å². The van der Waals surface area contributed by atoms with E-state index in [0.29, 0.717) is 34.6 Å². The number of halogens is 1. The lowest BCUT2D eigenvalue weighted by atomic mass is 9.84. The van der Waals surface area contributed by atoms with Crippen LogP contribution in [0, 0.1) is 5.92 Å². The Morgan fingerprint density at radius 3 is 2.39 bits per heavy atom. The Bertz CT molecular complexity index is 1640. The number of nitrogens with zero attached hydrogens (tertiary/aromatic N) is 3. The van der Waals surface area contributed by atoms with Gasteiger partial charge in [0, 0.05) is 52.1 Å². The number of amides is 2. The first kappa shape index (κ1) is 31.6. The average molecular weight is 635 g/mol. The highest BCUT2D eigenvalue weighted by atomic mass is 35.5. The molecule has 2 aromatic heterocycles. The van der Waals surface area contributed by atoms with E-state index in [9.17, 15) is 14.7 Å². The molecular weight excluding hydrogens is 596 g/mol. The van der Waals surface area contributed by atoms with Crippen LogP contribution < -0.4 is 10.5 Å². The molecule has 0 radical (unpaired) electrons. The zero-order chi connectivity index (χ0) is 31.6. The molecule has 0 bridgehead atoms. The summed E-state index contributed by atoms with van der Waals surface area (Å²) in [6.45, 7) is 6.58. The number of nitrogens with two attached hydrogens (primary N) is 1. The van der Waals surface area contributed by atoms with Gasteiger partial charge in [0.25, 0.3) is 5.91 Å². The lowest BCUT2D eigenvalue weighted by Crippen LogP contribution is -2.48. The van der Waals surface area contributed by atoms with Gasteiger partial charge in [-0.2, -0.15) is 0 Å². The van der Waals surface area contributed by atoms with E-state index in [1.807, 2.05) is 74.2 Å². The van der Waals surface area contributed by atoms with E-state index in [4.69, 9.17) is 22.1 Å². The van der Waals surface area contributed by atoms with Crippen LogP contribution in [-0.2, 0) is 6.54 Å². The van der Waals surface area contributed by atoms with Gasteiger partial charge in [-0.05, 0) is 88.3 Å². The van der Waals surface area contributed by atoms with Crippen molar-refractivity contribution in [3.63, 3.8) is 0 Å². The van der Waals surface area contributed by atoms with E-state index >= 15 is 0 Å². The van der Waals surface area contributed by atoms with Crippen molar-refractivity contribution in [3.05, 3.63) is 76.3 Å². The van der Waals surface area contributed by atoms with Crippen molar-refractivity contribution in [2.45, 2.75) is 64.6 Å². The molecule has 10 heteroatoms. The van der Waals surface area contributed by atoms with Gasteiger partial charge in [-0.3, -0.25) is 4.79 Å². The van der Waals surface area contributed by atoms with E-state index < -0.39 is 11.6 Å². The number of aromatic nitrogens is 1. The molecule has 0 atom stereocenters. The van der Waals surface area contributed by atoms with Crippen molar-refractivity contribution in [1.29, 1.82) is 0 Å². The van der Waals surface area contributed by atoms with Gasteiger partial charge in [-0.25, -0.2) is 9.78 Å². The number of thiophene rings is 1. The second-order valence-corrected chi connectivity index (χ2v) is 13.8. The number of carboxylic acid groups (broad SMARTS) is 1. The lowest BCUT2D eigenvalue weighted by Gasteiger charge is -2.40. The first-order valence-corrected chi connectivity index (χ1v) is 16.0. The van der Waals surface area contributed by atoms with Crippen molar-refractivity contribution in [1.82, 2.24) is 14.8 Å². The van der Waals surface area contributed by atoms with E-state index in [2.05, 4.69) is 4.98 Å². The third-order valence-corrected chi connectivity index (χ3v) is 10.1. The number of carbonyl (C=O) groups excluding carboxylic acids is 1. The van der Waals surface area contributed by atoms with Crippen molar-refractivity contribution in [2.24, 2.45) is 5.92 Å². The molecule has 1 fully saturated rings. The molecule has 0 aliphatic heterocycles. The number of carbonyl (C=O) groups is 2. The minimum absolute atomic E-state index is 0.0421. The molecule has 1 aliphatic rings. The zero-order valence-corrected chi connectivity index (χ0v) is 27.1. The number of pyridine rings is 1. The predicted molar refractivity (Wildman–Crippen MR) is 178 cm³/mol. The first-order valence-electron chi connectivity index (χ1n) is 14.8. The lowest BCUT2D eigenvalue weighted by molar-refractivity contribution is 0.0535. The molecule has 0 saturated heterocycles. The molecule has 1 saturated carbocycles. The minimum atomic E-state index is -0.904. The average Bonchev–Trinajstić information content (AvgIpc) is 3.34. The fraction of sp³-hybridized carbons (Fsp3) is 0.382. The van der Waals surface area contributed by atoms with Crippen LogP contribution in [0.15, 0.2) is 60.8 Å². The molecule has 3 N–H and O–H groups in total. The van der Waals surface area contributed by atoms with E-state index in [-0.39, 0.29) is 17.9 Å². The summed E-state index contributed by atoms with van der Waals surface area (Å²) in [4.78, 5) is 34.6. The highest BCUT2D eigenvalue weighted by Crippen LogP contribution is 2.39. The number of fused-ring (bicyclic) bond motifs is 1. The number of hydrogen-bond acceptors (Lipinski definition) is 6. The summed E-state index contributed by atoms with van der Waals surface area (Å²) in [5.41, 5.74) is 8.06. The summed E-state index contributed by atoms with van der Waals surface area (Å²) in [5.74, 6) is 1.25. The van der Waals surface area contributed by atoms with E-state index in [0.717, 1.165) is 52.5 Å². The Hall–Kier alpha value is -3.82. The summed E-state index contributed by atoms with van der Waals surface area (Å²) >= 11 is 8.24. The Morgan fingerprint density at radius 2 is 1.77 bits per heavy atom. The van der Waals surface area contributed by atoms with Crippen molar-refractivity contribution >= 4 is 50.8 Å². The summed E-state index contributed by atoms with van der Waals surface area (Å²) < 4.78 is 6.73. The topological polar surface area (TPSA) is 109 Å². The SMILES string of the molecule is COc1ccc(-c2ccc(N)nc2)cc1CN(C(=O)c1sc2ccccc2c1Cl)C1CCC(CN(C(=O)O)C(C)(C)C)CC1. The molecule has 2 amide bonds. The number of ether oxygens (including phenoxy) is 1. The second-order valence-electron chi connectivity index (χ2n) is 12.4. The van der Waals surface area contributed by atoms with Gasteiger partial charge >= 0.3 is 6.09 Å². The standard InChI is InChI=1S/C34H39ClN4O4S/c1-34(2,3)39(33(41)42)19-21-9-13-25(14-10-21)38(32(40)31-30(35)26-7-5-6-8-28(26)44-31)20-24-17-22(11-15-27(24)43-4)23-12-16-29(36)37-18-23/h5-8,11-12,15-18,21,25H,9-10,13-14,19-20H2,1-4H3,(H2,36,37)(H,41,42). The molecule has 8 nitrogen and oxygen atoms in total. The normalized spacial score (nSPS) is 16.9. The highest BCUT2D eigenvalue weighted by Gasteiger charge is 2.35. The third-order valence-electron chi connectivity index (χ3n) is 8.47. The maximum atomic E-state index is 14.4. The fourth-order valence-electron chi connectivity index (χ4n) is 6.03. The smallest absolute Gasteiger partial charge is 0.407 e. The van der Waals surface area contributed by atoms with Crippen LogP contribution in [0.25, 0.3) is 21.2 Å². The number of methoxy groups -OCH3 is 1. The molecule has 4 aromatic rings. The predicted octanol–water partition coefficient (Wildman–Crippen LogP) is 8.19. The van der Waals surface area contributed by atoms with Crippen LogP contribution in [-0.4, -0.2) is 57.1 Å². The van der Waals surface area contributed by atoms with Crippen LogP contribution in [0.5, 0.6) is 5.75 Å². The van der Waals surface area contributed by atoms with Gasteiger partial charge in [0.15, 0.2) is 0 Å². The first-order chi connectivity index (χ1) is 21.0. The minimum Gasteiger partial charge on any atom is -0.496 e. The number of anilines is 1. The third kappa shape index (κ3) is 6.79. The Balaban J connectivity index is 1.46. The second kappa shape index (κ2) is 13.0. The van der Waals surface area contributed by atoms with Crippen molar-refractivity contribution < 1.29 is 19.4 Å². The summed E-state index contributed by atoms with van der Waals surface area (Å²) in [5, 5.41) is 11.2. The maximum Gasteiger partial charge on any atom is 0.407 e. The Kier molecular flexibility index (Phi) is 9.37. The van der Waals surface area contributed by atoms with Crippen LogP contribution >= 0.6 is 22.9 Å². The van der Waals surface area contributed by atoms with Crippen LogP contribution in [0.1, 0.15) is 61.7 Å². The molecule has 0 unspecified atom stereocenters. The fourth-order valence-corrected chi connectivity index (χ4v) is 7.49.